The fourth-order valence-corrected chi connectivity index (χ4v) is 2.02. The molecule has 0 saturated carbocycles. The number of aromatic amines is 1. The van der Waals surface area contributed by atoms with Crippen molar-refractivity contribution in [2.75, 3.05) is 18.0 Å². The smallest absolute Gasteiger partial charge is 0.352 e. The van der Waals surface area contributed by atoms with Crippen LogP contribution in [0.1, 0.15) is 24.3 Å². The van der Waals surface area contributed by atoms with Gasteiger partial charge in [0.15, 0.2) is 0 Å². The van der Waals surface area contributed by atoms with Gasteiger partial charge in [0.2, 0.25) is 0 Å². The van der Waals surface area contributed by atoms with Crippen molar-refractivity contribution < 1.29 is 9.90 Å². The number of aromatic carboxylic acids is 1. The van der Waals surface area contributed by atoms with Crippen molar-refractivity contribution >= 4 is 35.0 Å². The van der Waals surface area contributed by atoms with E-state index in [1.165, 1.54) is 0 Å². The first-order chi connectivity index (χ1) is 8.15. The predicted octanol–water partition coefficient (Wildman–Crippen LogP) is 3.13. The van der Waals surface area contributed by atoms with Crippen LogP contribution in [0.3, 0.4) is 0 Å². The predicted molar refractivity (Wildman–Crippen MR) is 76.1 cm³/mol. The molecule has 2 N–H and O–H groups in total. The van der Waals surface area contributed by atoms with Crippen molar-refractivity contribution in [1.29, 1.82) is 0 Å². The quantitative estimate of drug-likeness (QED) is 0.896. The van der Waals surface area contributed by atoms with Crippen molar-refractivity contribution in [3.63, 3.8) is 0 Å². The minimum atomic E-state index is -0.925. The normalized spacial score (nSPS) is 10.1. The average molecular weight is 269 g/mol. The molecule has 0 atom stereocenters. The highest BCUT2D eigenvalue weighted by Crippen LogP contribution is 2.22. The number of rotatable bonds is 4. The van der Waals surface area contributed by atoms with Gasteiger partial charge in [0.25, 0.3) is 0 Å². The van der Waals surface area contributed by atoms with Gasteiger partial charge in [0, 0.05) is 29.7 Å². The van der Waals surface area contributed by atoms with E-state index in [2.05, 4.69) is 23.7 Å². The molecule has 5 heteroatoms. The zero-order valence-corrected chi connectivity index (χ0v) is 11.3. The molecule has 1 heterocycles. The van der Waals surface area contributed by atoms with Crippen LogP contribution < -0.4 is 4.90 Å². The second-order valence-corrected chi connectivity index (χ2v) is 3.93. The average Bonchev–Trinajstić information content (AvgIpc) is 2.74. The van der Waals surface area contributed by atoms with Gasteiger partial charge in [-0.05, 0) is 32.0 Å². The number of hydrogen-bond donors (Lipinski definition) is 2. The molecule has 2 aromatic rings. The number of nitrogens with one attached hydrogen (secondary N) is 1. The fraction of sp³-hybridized carbons (Fsp3) is 0.308. The molecular formula is C13H17ClN2O2. The van der Waals surface area contributed by atoms with Gasteiger partial charge in [-0.2, -0.15) is 0 Å². The SMILES string of the molecule is CCN(CC)c1ccc2cc(C(=O)O)[nH]c2c1.Cl. The number of fused-ring (bicyclic) bond motifs is 1. The Morgan fingerprint density at radius 2 is 1.94 bits per heavy atom. The van der Waals surface area contributed by atoms with E-state index in [4.69, 9.17) is 5.11 Å². The van der Waals surface area contributed by atoms with Crippen molar-refractivity contribution in [3.8, 4) is 0 Å². The van der Waals surface area contributed by atoms with Gasteiger partial charge >= 0.3 is 5.97 Å². The molecule has 0 aliphatic carbocycles. The Labute approximate surface area is 112 Å². The largest absolute Gasteiger partial charge is 0.477 e. The Bertz CT molecular complexity index is 547. The lowest BCUT2D eigenvalue weighted by atomic mass is 10.2. The molecule has 0 bridgehead atoms. The third kappa shape index (κ3) is 2.59. The van der Waals surface area contributed by atoms with Crippen molar-refractivity contribution in [3.05, 3.63) is 30.0 Å². The summed E-state index contributed by atoms with van der Waals surface area (Å²) in [5.41, 5.74) is 2.21. The number of H-pyrrole nitrogens is 1. The first kappa shape index (κ1) is 14.4. The van der Waals surface area contributed by atoms with Gasteiger partial charge in [0.1, 0.15) is 5.69 Å². The van der Waals surface area contributed by atoms with Gasteiger partial charge in [-0.15, -0.1) is 12.4 Å². The molecule has 1 aromatic heterocycles. The standard InChI is InChI=1S/C13H16N2O2.ClH/c1-3-15(4-2)10-6-5-9-7-12(13(16)17)14-11(9)8-10;/h5-8,14H,3-4H2,1-2H3,(H,16,17);1H. The Morgan fingerprint density at radius 1 is 1.28 bits per heavy atom. The van der Waals surface area contributed by atoms with Crippen molar-refractivity contribution in [2.24, 2.45) is 0 Å². The molecule has 1 aromatic carbocycles. The Kier molecular flexibility index (Phi) is 4.62. The van der Waals surface area contributed by atoms with Crippen LogP contribution in [-0.2, 0) is 0 Å². The van der Waals surface area contributed by atoms with E-state index >= 15 is 0 Å². The number of benzene rings is 1. The molecule has 0 spiro atoms. The summed E-state index contributed by atoms with van der Waals surface area (Å²) in [5, 5.41) is 9.84. The van der Waals surface area contributed by atoms with Gasteiger partial charge in [-0.3, -0.25) is 0 Å². The van der Waals surface area contributed by atoms with Gasteiger partial charge in [0.05, 0.1) is 0 Å². The molecule has 18 heavy (non-hydrogen) atoms. The van der Waals surface area contributed by atoms with Crippen LogP contribution in [-0.4, -0.2) is 29.1 Å². The van der Waals surface area contributed by atoms with E-state index < -0.39 is 5.97 Å². The minimum Gasteiger partial charge on any atom is -0.477 e. The molecule has 0 unspecified atom stereocenters. The number of carboxylic acid groups (broad SMARTS) is 1. The number of carbonyl (C=O) groups is 1. The minimum absolute atomic E-state index is 0. The van der Waals surface area contributed by atoms with Crippen molar-refractivity contribution in [1.82, 2.24) is 4.98 Å². The van der Waals surface area contributed by atoms with Crippen LogP contribution in [0.2, 0.25) is 0 Å². The van der Waals surface area contributed by atoms with E-state index in [0.29, 0.717) is 0 Å². The van der Waals surface area contributed by atoms with E-state index in [1.54, 1.807) is 6.07 Å². The summed E-state index contributed by atoms with van der Waals surface area (Å²) in [6, 6.07) is 7.62. The molecule has 0 aliphatic heterocycles. The number of anilines is 1. The van der Waals surface area contributed by atoms with E-state index in [9.17, 15) is 4.79 Å². The van der Waals surface area contributed by atoms with Gasteiger partial charge < -0.3 is 15.0 Å². The molecule has 0 saturated heterocycles. The summed E-state index contributed by atoms with van der Waals surface area (Å²) in [4.78, 5) is 16.0. The summed E-state index contributed by atoms with van der Waals surface area (Å²) in [5.74, 6) is -0.925. The highest BCUT2D eigenvalue weighted by Gasteiger charge is 2.09. The lowest BCUT2D eigenvalue weighted by Gasteiger charge is -2.20. The zero-order valence-electron chi connectivity index (χ0n) is 10.4. The lowest BCUT2D eigenvalue weighted by Crippen LogP contribution is -2.21. The van der Waals surface area contributed by atoms with E-state index in [0.717, 1.165) is 29.7 Å². The summed E-state index contributed by atoms with van der Waals surface area (Å²) in [6.07, 6.45) is 0. The molecule has 4 nitrogen and oxygen atoms in total. The number of nitrogens with zero attached hydrogens (tertiary/aromatic N) is 1. The zero-order chi connectivity index (χ0) is 12.4. The molecule has 0 amide bonds. The highest BCUT2D eigenvalue weighted by molar-refractivity contribution is 5.94. The Hall–Kier alpha value is -1.68. The molecule has 0 radical (unpaired) electrons. The molecule has 98 valence electrons. The maximum Gasteiger partial charge on any atom is 0.352 e. The van der Waals surface area contributed by atoms with Crippen LogP contribution in [0.25, 0.3) is 10.9 Å². The van der Waals surface area contributed by atoms with E-state index in [1.807, 2.05) is 18.2 Å². The third-order valence-corrected chi connectivity index (χ3v) is 2.97. The second-order valence-electron chi connectivity index (χ2n) is 3.93. The lowest BCUT2D eigenvalue weighted by molar-refractivity contribution is 0.0691. The summed E-state index contributed by atoms with van der Waals surface area (Å²) < 4.78 is 0. The summed E-state index contributed by atoms with van der Waals surface area (Å²) in [7, 11) is 0. The van der Waals surface area contributed by atoms with Crippen LogP contribution >= 0.6 is 12.4 Å². The third-order valence-electron chi connectivity index (χ3n) is 2.97. The number of halogens is 1. The highest BCUT2D eigenvalue weighted by atomic mass is 35.5. The van der Waals surface area contributed by atoms with E-state index in [-0.39, 0.29) is 18.1 Å². The molecule has 0 fully saturated rings. The fourth-order valence-electron chi connectivity index (χ4n) is 2.02. The van der Waals surface area contributed by atoms with Crippen LogP contribution in [0.5, 0.6) is 0 Å². The second kappa shape index (κ2) is 5.78. The Balaban J connectivity index is 0.00000162. The molecule has 0 aliphatic rings. The number of aromatic nitrogens is 1. The topological polar surface area (TPSA) is 56.3 Å². The van der Waals surface area contributed by atoms with Gasteiger partial charge in [-0.25, -0.2) is 4.79 Å². The van der Waals surface area contributed by atoms with Gasteiger partial charge in [-0.1, -0.05) is 6.07 Å². The first-order valence-electron chi connectivity index (χ1n) is 5.76. The monoisotopic (exact) mass is 268 g/mol. The van der Waals surface area contributed by atoms with Crippen molar-refractivity contribution in [2.45, 2.75) is 13.8 Å². The maximum atomic E-state index is 10.9. The Morgan fingerprint density at radius 3 is 2.50 bits per heavy atom. The summed E-state index contributed by atoms with van der Waals surface area (Å²) >= 11 is 0. The van der Waals surface area contributed by atoms with Crippen LogP contribution in [0, 0.1) is 0 Å². The first-order valence-corrected chi connectivity index (χ1v) is 5.76. The van der Waals surface area contributed by atoms with Crippen LogP contribution in [0.4, 0.5) is 5.69 Å². The molecular weight excluding hydrogens is 252 g/mol. The molecule has 2 rings (SSSR count). The number of hydrogen-bond acceptors (Lipinski definition) is 2. The maximum absolute atomic E-state index is 10.9. The number of carboxylic acids is 1. The van der Waals surface area contributed by atoms with Crippen LogP contribution in [0.15, 0.2) is 24.3 Å². The summed E-state index contributed by atoms with van der Waals surface area (Å²) in [6.45, 7) is 6.08.